The molecule has 0 rings (SSSR count). The molecular formula is C12H26O. The van der Waals surface area contributed by atoms with Crippen molar-refractivity contribution in [3.63, 3.8) is 0 Å². The number of unbranched alkanes of at least 4 members (excludes halogenated alkanes) is 1. The zero-order valence-electron chi connectivity index (χ0n) is 10.0. The second-order valence-electron chi connectivity index (χ2n) is 5.00. The Morgan fingerprint density at radius 1 is 1.15 bits per heavy atom. The molecule has 0 spiro atoms. The summed E-state index contributed by atoms with van der Waals surface area (Å²) >= 11 is 0. The Morgan fingerprint density at radius 2 is 1.77 bits per heavy atom. The molecule has 0 aromatic rings. The van der Waals surface area contributed by atoms with Crippen molar-refractivity contribution in [3.05, 3.63) is 0 Å². The highest BCUT2D eigenvalue weighted by Crippen LogP contribution is 2.14. The minimum absolute atomic E-state index is 0.0322. The average molecular weight is 186 g/mol. The molecule has 0 heterocycles. The van der Waals surface area contributed by atoms with Crippen LogP contribution in [0, 0.1) is 5.92 Å². The number of rotatable bonds is 6. The van der Waals surface area contributed by atoms with Crippen LogP contribution in [0.15, 0.2) is 0 Å². The van der Waals surface area contributed by atoms with E-state index in [1.54, 1.807) is 0 Å². The van der Waals surface area contributed by atoms with Gasteiger partial charge in [0.15, 0.2) is 0 Å². The molecule has 0 aliphatic carbocycles. The minimum Gasteiger partial charge on any atom is -0.376 e. The maximum atomic E-state index is 5.68. The molecule has 0 aliphatic heterocycles. The summed E-state index contributed by atoms with van der Waals surface area (Å²) in [7, 11) is 0. The lowest BCUT2D eigenvalue weighted by Gasteiger charge is -2.20. The van der Waals surface area contributed by atoms with Gasteiger partial charge in [0.2, 0.25) is 0 Å². The largest absolute Gasteiger partial charge is 0.376 e. The van der Waals surface area contributed by atoms with Crippen LogP contribution in [-0.4, -0.2) is 12.2 Å². The van der Waals surface area contributed by atoms with E-state index < -0.39 is 0 Å². The van der Waals surface area contributed by atoms with Gasteiger partial charge < -0.3 is 4.74 Å². The van der Waals surface area contributed by atoms with Crippen molar-refractivity contribution in [3.8, 4) is 0 Å². The molecule has 0 fully saturated rings. The molecule has 0 N–H and O–H groups in total. The molecule has 1 heteroatoms. The first kappa shape index (κ1) is 13.0. The van der Waals surface area contributed by atoms with E-state index in [-0.39, 0.29) is 5.60 Å². The summed E-state index contributed by atoms with van der Waals surface area (Å²) in [5, 5.41) is 0. The Hall–Kier alpha value is -0.0400. The van der Waals surface area contributed by atoms with Gasteiger partial charge in [-0.25, -0.2) is 0 Å². The maximum Gasteiger partial charge on any atom is 0.0598 e. The van der Waals surface area contributed by atoms with Crippen LogP contribution in [0.2, 0.25) is 0 Å². The molecule has 0 saturated carbocycles. The Bertz CT molecular complexity index is 113. The molecule has 0 aromatic heterocycles. The molecule has 13 heavy (non-hydrogen) atoms. The summed E-state index contributed by atoms with van der Waals surface area (Å²) in [6, 6.07) is 0. The van der Waals surface area contributed by atoms with E-state index in [9.17, 15) is 0 Å². The Morgan fingerprint density at radius 3 is 2.23 bits per heavy atom. The predicted octanol–water partition coefficient (Wildman–Crippen LogP) is 4.02. The van der Waals surface area contributed by atoms with Crippen LogP contribution in [0.25, 0.3) is 0 Å². The average Bonchev–Trinajstić information content (AvgIpc) is 1.98. The molecule has 0 aromatic carbocycles. The summed E-state index contributed by atoms with van der Waals surface area (Å²) in [5.41, 5.74) is 0.0322. The van der Waals surface area contributed by atoms with Crippen molar-refractivity contribution in [1.82, 2.24) is 0 Å². The number of hydrogen-bond donors (Lipinski definition) is 0. The number of hydrogen-bond acceptors (Lipinski definition) is 1. The van der Waals surface area contributed by atoms with Crippen molar-refractivity contribution < 1.29 is 4.74 Å². The summed E-state index contributed by atoms with van der Waals surface area (Å²) in [6.07, 6.45) is 5.22. The lowest BCUT2D eigenvalue weighted by Crippen LogP contribution is -2.20. The fraction of sp³-hybridized carbons (Fsp3) is 1.00. The standard InChI is InChI=1S/C12H26O/c1-6-7-8-11(2)9-10-13-12(3,4)5/h11H,6-10H2,1-5H3/t11-/m1/s1. The van der Waals surface area contributed by atoms with Crippen LogP contribution in [0.5, 0.6) is 0 Å². The third-order valence-corrected chi connectivity index (χ3v) is 2.20. The van der Waals surface area contributed by atoms with Crippen molar-refractivity contribution in [1.29, 1.82) is 0 Å². The van der Waals surface area contributed by atoms with Gasteiger partial charge in [0.1, 0.15) is 0 Å². The molecule has 0 radical (unpaired) electrons. The molecule has 0 amide bonds. The molecule has 0 aliphatic rings. The van der Waals surface area contributed by atoms with Gasteiger partial charge in [-0.15, -0.1) is 0 Å². The highest BCUT2D eigenvalue weighted by Gasteiger charge is 2.10. The highest BCUT2D eigenvalue weighted by atomic mass is 16.5. The fourth-order valence-electron chi connectivity index (χ4n) is 1.26. The molecule has 1 nitrogen and oxygen atoms in total. The van der Waals surface area contributed by atoms with E-state index in [1.807, 2.05) is 0 Å². The second-order valence-corrected chi connectivity index (χ2v) is 5.00. The highest BCUT2D eigenvalue weighted by molar-refractivity contribution is 4.60. The number of ether oxygens (including phenoxy) is 1. The first-order valence-electron chi connectivity index (χ1n) is 5.59. The lowest BCUT2D eigenvalue weighted by molar-refractivity contribution is -0.00887. The SMILES string of the molecule is CCCC[C@@H](C)CCOC(C)(C)C. The summed E-state index contributed by atoms with van der Waals surface area (Å²) in [4.78, 5) is 0. The van der Waals surface area contributed by atoms with Gasteiger partial charge in [-0.1, -0.05) is 33.1 Å². The molecular weight excluding hydrogens is 160 g/mol. The molecule has 80 valence electrons. The Kier molecular flexibility index (Phi) is 6.40. The Labute approximate surface area is 83.9 Å². The second kappa shape index (κ2) is 6.42. The van der Waals surface area contributed by atoms with Gasteiger partial charge in [0, 0.05) is 6.61 Å². The van der Waals surface area contributed by atoms with Gasteiger partial charge in [-0.2, -0.15) is 0 Å². The molecule has 0 bridgehead atoms. The minimum atomic E-state index is 0.0322. The van der Waals surface area contributed by atoms with E-state index in [4.69, 9.17) is 4.74 Å². The quantitative estimate of drug-likeness (QED) is 0.609. The first-order valence-corrected chi connectivity index (χ1v) is 5.59. The third kappa shape index (κ3) is 9.88. The third-order valence-electron chi connectivity index (χ3n) is 2.20. The van der Waals surface area contributed by atoms with Crippen molar-refractivity contribution in [2.24, 2.45) is 5.92 Å². The topological polar surface area (TPSA) is 9.23 Å². The van der Waals surface area contributed by atoms with Gasteiger partial charge in [0.05, 0.1) is 5.60 Å². The van der Waals surface area contributed by atoms with E-state index >= 15 is 0 Å². The van der Waals surface area contributed by atoms with Crippen LogP contribution >= 0.6 is 0 Å². The molecule has 0 unspecified atom stereocenters. The summed E-state index contributed by atoms with van der Waals surface area (Å²) in [6.45, 7) is 11.8. The Balaban J connectivity index is 3.31. The maximum absolute atomic E-state index is 5.68. The predicted molar refractivity (Wildman–Crippen MR) is 59.0 cm³/mol. The van der Waals surface area contributed by atoms with E-state index in [0.29, 0.717) is 0 Å². The summed E-state index contributed by atoms with van der Waals surface area (Å²) < 4.78 is 5.68. The van der Waals surface area contributed by atoms with Crippen LogP contribution in [0.3, 0.4) is 0 Å². The van der Waals surface area contributed by atoms with Crippen molar-refractivity contribution in [2.75, 3.05) is 6.61 Å². The molecule has 0 saturated heterocycles. The van der Waals surface area contributed by atoms with Crippen LogP contribution in [0.4, 0.5) is 0 Å². The summed E-state index contributed by atoms with van der Waals surface area (Å²) in [5.74, 6) is 0.822. The fourth-order valence-corrected chi connectivity index (χ4v) is 1.26. The smallest absolute Gasteiger partial charge is 0.0598 e. The van der Waals surface area contributed by atoms with Crippen molar-refractivity contribution >= 4 is 0 Å². The zero-order valence-corrected chi connectivity index (χ0v) is 10.0. The van der Waals surface area contributed by atoms with Crippen LogP contribution in [-0.2, 0) is 4.74 Å². The lowest BCUT2D eigenvalue weighted by atomic mass is 10.0. The van der Waals surface area contributed by atoms with E-state index in [2.05, 4.69) is 34.6 Å². The van der Waals surface area contributed by atoms with Crippen LogP contribution in [0.1, 0.15) is 60.3 Å². The van der Waals surface area contributed by atoms with Gasteiger partial charge >= 0.3 is 0 Å². The van der Waals surface area contributed by atoms with Crippen LogP contribution < -0.4 is 0 Å². The van der Waals surface area contributed by atoms with Gasteiger partial charge in [-0.3, -0.25) is 0 Å². The van der Waals surface area contributed by atoms with Gasteiger partial charge in [-0.05, 0) is 33.1 Å². The van der Waals surface area contributed by atoms with Crippen molar-refractivity contribution in [2.45, 2.75) is 65.9 Å². The van der Waals surface area contributed by atoms with E-state index in [1.165, 1.54) is 25.7 Å². The normalized spacial score (nSPS) is 14.5. The monoisotopic (exact) mass is 186 g/mol. The first-order chi connectivity index (χ1) is 5.95. The zero-order chi connectivity index (χ0) is 10.3. The van der Waals surface area contributed by atoms with Gasteiger partial charge in [0.25, 0.3) is 0 Å². The van der Waals surface area contributed by atoms with E-state index in [0.717, 1.165) is 12.5 Å². The molecule has 1 atom stereocenters.